The van der Waals surface area contributed by atoms with Gasteiger partial charge in [-0.2, -0.15) is 0 Å². The molecule has 0 N–H and O–H groups in total. The Balaban J connectivity index is 2.67. The molecule has 0 unspecified atom stereocenters. The minimum atomic E-state index is 0.779. The Hall–Kier alpha value is -0.190. The van der Waals surface area contributed by atoms with E-state index in [9.17, 15) is 0 Å². The van der Waals surface area contributed by atoms with Crippen molar-refractivity contribution in [3.8, 4) is 0 Å². The van der Waals surface area contributed by atoms with E-state index in [1.807, 2.05) is 6.07 Å². The fourth-order valence-corrected chi connectivity index (χ4v) is 3.80. The molecule has 0 aliphatic carbocycles. The molecule has 16 heavy (non-hydrogen) atoms. The van der Waals surface area contributed by atoms with Crippen LogP contribution in [0.4, 0.5) is 0 Å². The van der Waals surface area contributed by atoms with Crippen LogP contribution in [0.1, 0.15) is 17.5 Å². The van der Waals surface area contributed by atoms with Crippen molar-refractivity contribution in [2.24, 2.45) is 5.16 Å². The third kappa shape index (κ3) is 2.11. The Kier molecular flexibility index (Phi) is 3.82. The van der Waals surface area contributed by atoms with E-state index in [2.05, 4.69) is 28.0 Å². The van der Waals surface area contributed by atoms with Gasteiger partial charge >= 0.3 is 0 Å². The average Bonchev–Trinajstić information content (AvgIpc) is 2.26. The fourth-order valence-electron chi connectivity index (χ4n) is 1.76. The molecule has 0 bridgehead atoms. The predicted molar refractivity (Wildman–Crippen MR) is 72.8 cm³/mol. The van der Waals surface area contributed by atoms with Gasteiger partial charge in [0.15, 0.2) is 0 Å². The van der Waals surface area contributed by atoms with Crippen molar-refractivity contribution in [1.29, 1.82) is 0 Å². The van der Waals surface area contributed by atoms with E-state index >= 15 is 0 Å². The van der Waals surface area contributed by atoms with Gasteiger partial charge in [-0.05, 0) is 18.6 Å². The summed E-state index contributed by atoms with van der Waals surface area (Å²) in [5.41, 5.74) is 3.27. The van der Waals surface area contributed by atoms with E-state index < -0.39 is 0 Å². The number of hydrogen-bond donors (Lipinski definition) is 0. The van der Waals surface area contributed by atoms with E-state index in [-0.39, 0.29) is 0 Å². The second-order valence-corrected chi connectivity index (χ2v) is 5.86. The number of nitrogens with zero attached hydrogens (tertiary/aromatic N) is 1. The van der Waals surface area contributed by atoms with Gasteiger partial charge in [-0.1, -0.05) is 32.7 Å². The lowest BCUT2D eigenvalue weighted by Crippen LogP contribution is -2.13. The number of fused-ring (bicyclic) bond motifs is 1. The molecule has 0 atom stereocenters. The van der Waals surface area contributed by atoms with Gasteiger partial charge in [-0.25, -0.2) is 0 Å². The molecule has 1 aliphatic rings. The van der Waals surface area contributed by atoms with Crippen LogP contribution >= 0.6 is 39.3 Å². The number of benzene rings is 1. The Labute approximate surface area is 113 Å². The first-order valence-electron chi connectivity index (χ1n) is 4.87. The highest BCUT2D eigenvalue weighted by Crippen LogP contribution is 2.40. The van der Waals surface area contributed by atoms with Crippen LogP contribution in [0.3, 0.4) is 0 Å². The number of halogens is 2. The Bertz CT molecular complexity index is 462. The summed E-state index contributed by atoms with van der Waals surface area (Å²) in [6.45, 7) is 2.07. The van der Waals surface area contributed by atoms with E-state index in [4.69, 9.17) is 16.4 Å². The molecule has 2 nitrogen and oxygen atoms in total. The molecular formula is C11H11BrClNOS. The molecule has 0 spiro atoms. The van der Waals surface area contributed by atoms with Gasteiger partial charge in [0.2, 0.25) is 0 Å². The maximum Gasteiger partial charge on any atom is 0.106 e. The smallest absolute Gasteiger partial charge is 0.106 e. The normalized spacial score (nSPS) is 17.4. The third-order valence-corrected chi connectivity index (χ3v) is 4.86. The zero-order valence-corrected chi connectivity index (χ0v) is 12.2. The second-order valence-electron chi connectivity index (χ2n) is 3.49. The lowest BCUT2D eigenvalue weighted by atomic mass is 10.0. The molecule has 1 heterocycles. The zero-order chi connectivity index (χ0) is 11.7. The fraction of sp³-hybridized carbons (Fsp3) is 0.364. The van der Waals surface area contributed by atoms with Crippen LogP contribution in [0.15, 0.2) is 20.6 Å². The minimum absolute atomic E-state index is 0.779. The average molecular weight is 321 g/mol. The van der Waals surface area contributed by atoms with Crippen molar-refractivity contribution < 1.29 is 4.84 Å². The molecule has 0 saturated heterocycles. The number of rotatable bonds is 1. The quantitative estimate of drug-likeness (QED) is 0.721. The largest absolute Gasteiger partial charge is 0.399 e. The van der Waals surface area contributed by atoms with Gasteiger partial charge in [0.05, 0.1) is 10.7 Å². The van der Waals surface area contributed by atoms with Crippen molar-refractivity contribution in [2.75, 3.05) is 12.9 Å². The van der Waals surface area contributed by atoms with Crippen molar-refractivity contribution in [3.05, 3.63) is 26.7 Å². The van der Waals surface area contributed by atoms with Gasteiger partial charge in [-0.3, -0.25) is 0 Å². The molecule has 2 rings (SSSR count). The lowest BCUT2D eigenvalue weighted by Gasteiger charge is -2.21. The Morgan fingerprint density at radius 1 is 1.56 bits per heavy atom. The summed E-state index contributed by atoms with van der Waals surface area (Å²) >= 11 is 11.5. The first-order chi connectivity index (χ1) is 7.65. The summed E-state index contributed by atoms with van der Waals surface area (Å²) in [5, 5.41) is 4.87. The highest BCUT2D eigenvalue weighted by molar-refractivity contribution is 9.10. The predicted octanol–water partition coefficient (Wildman–Crippen LogP) is 4.26. The van der Waals surface area contributed by atoms with Crippen LogP contribution in [-0.4, -0.2) is 18.6 Å². The molecule has 1 aromatic carbocycles. The SMILES string of the molecule is CON=C1CCSc2c(Cl)cc(Br)c(C)c21. The van der Waals surface area contributed by atoms with Crippen LogP contribution in [0, 0.1) is 6.92 Å². The van der Waals surface area contributed by atoms with Crippen LogP contribution in [0.25, 0.3) is 0 Å². The molecular weight excluding hydrogens is 310 g/mol. The summed E-state index contributed by atoms with van der Waals surface area (Å²) in [4.78, 5) is 6.01. The van der Waals surface area contributed by atoms with Gasteiger partial charge in [-0.15, -0.1) is 11.8 Å². The summed E-state index contributed by atoms with van der Waals surface area (Å²) in [7, 11) is 1.57. The highest BCUT2D eigenvalue weighted by atomic mass is 79.9. The van der Waals surface area contributed by atoms with Gasteiger partial charge in [0.25, 0.3) is 0 Å². The molecule has 0 fully saturated rings. The van der Waals surface area contributed by atoms with Crippen molar-refractivity contribution >= 4 is 45.0 Å². The van der Waals surface area contributed by atoms with Crippen LogP contribution < -0.4 is 0 Å². The van der Waals surface area contributed by atoms with Gasteiger partial charge in [0, 0.05) is 27.1 Å². The molecule has 1 aromatic rings. The standard InChI is InChI=1S/C11H11BrClNOS/c1-6-7(12)5-8(13)11-10(6)9(14-15-2)3-4-16-11/h5H,3-4H2,1-2H3. The maximum absolute atomic E-state index is 6.24. The monoisotopic (exact) mass is 319 g/mol. The van der Waals surface area contributed by atoms with Crippen molar-refractivity contribution in [2.45, 2.75) is 18.2 Å². The van der Waals surface area contributed by atoms with E-state index in [1.54, 1.807) is 18.9 Å². The minimum Gasteiger partial charge on any atom is -0.399 e. The molecule has 1 aliphatic heterocycles. The third-order valence-electron chi connectivity index (χ3n) is 2.51. The van der Waals surface area contributed by atoms with Crippen LogP contribution in [0.2, 0.25) is 5.02 Å². The van der Waals surface area contributed by atoms with Crippen LogP contribution in [-0.2, 0) is 4.84 Å². The topological polar surface area (TPSA) is 21.6 Å². The molecule has 0 aromatic heterocycles. The Morgan fingerprint density at radius 3 is 3.00 bits per heavy atom. The lowest BCUT2D eigenvalue weighted by molar-refractivity contribution is 0.213. The summed E-state index contributed by atoms with van der Waals surface area (Å²) < 4.78 is 1.02. The molecule has 0 saturated carbocycles. The van der Waals surface area contributed by atoms with E-state index in [1.165, 1.54) is 5.56 Å². The molecule has 0 radical (unpaired) electrons. The number of oxime groups is 1. The van der Waals surface area contributed by atoms with Gasteiger partial charge < -0.3 is 4.84 Å². The zero-order valence-electron chi connectivity index (χ0n) is 9.01. The van der Waals surface area contributed by atoms with E-state index in [0.29, 0.717) is 0 Å². The molecule has 86 valence electrons. The van der Waals surface area contributed by atoms with E-state index in [0.717, 1.165) is 37.8 Å². The molecule has 0 amide bonds. The first kappa shape index (κ1) is 12.3. The summed E-state index contributed by atoms with van der Waals surface area (Å²) in [5.74, 6) is 0.996. The van der Waals surface area contributed by atoms with Crippen LogP contribution in [0.5, 0.6) is 0 Å². The van der Waals surface area contributed by atoms with Crippen molar-refractivity contribution in [1.82, 2.24) is 0 Å². The van der Waals surface area contributed by atoms with Gasteiger partial charge in [0.1, 0.15) is 7.11 Å². The highest BCUT2D eigenvalue weighted by Gasteiger charge is 2.23. The Morgan fingerprint density at radius 2 is 2.31 bits per heavy atom. The number of hydrogen-bond acceptors (Lipinski definition) is 3. The van der Waals surface area contributed by atoms with Crippen molar-refractivity contribution in [3.63, 3.8) is 0 Å². The molecule has 5 heteroatoms. The number of thioether (sulfide) groups is 1. The summed E-state index contributed by atoms with van der Waals surface area (Å²) in [6, 6.07) is 1.94. The first-order valence-corrected chi connectivity index (χ1v) is 7.02. The maximum atomic E-state index is 6.24. The second kappa shape index (κ2) is 4.98. The summed E-state index contributed by atoms with van der Waals surface area (Å²) in [6.07, 6.45) is 0.916.